The molecule has 0 aromatic heterocycles. The second kappa shape index (κ2) is 24.3. The number of esters is 2. The molecule has 0 aromatic carbocycles. The zero-order valence-electron chi connectivity index (χ0n) is 23.0. The molecule has 0 fully saturated rings. The summed E-state index contributed by atoms with van der Waals surface area (Å²) in [4.78, 5) is 35.0. The Morgan fingerprint density at radius 1 is 0.571 bits per heavy atom. The normalized spacial score (nSPS) is 12.8. The quantitative estimate of drug-likeness (QED) is 0.105. The lowest BCUT2D eigenvalue weighted by Gasteiger charge is -2.23. The van der Waals surface area contributed by atoms with E-state index in [0.29, 0.717) is 6.42 Å². The average molecular weight is 499 g/mol. The number of Topliss-reactive ketones (excluding diaryl/α,β-unsaturated/α-hetero) is 1. The lowest BCUT2D eigenvalue weighted by molar-refractivity contribution is -0.172. The Bertz CT molecular complexity index is 533. The maximum Gasteiger partial charge on any atom is 0.303 e. The molecule has 0 saturated heterocycles. The number of rotatable bonds is 25. The maximum absolute atomic E-state index is 12.5. The van der Waals surface area contributed by atoms with Gasteiger partial charge in [-0.1, -0.05) is 122 Å². The van der Waals surface area contributed by atoms with E-state index in [2.05, 4.69) is 6.92 Å². The third-order valence-corrected chi connectivity index (χ3v) is 6.47. The van der Waals surface area contributed by atoms with Crippen LogP contribution >= 0.6 is 0 Å². The van der Waals surface area contributed by atoms with Gasteiger partial charge in [0.2, 0.25) is 0 Å². The molecule has 2 unspecified atom stereocenters. The number of aliphatic hydroxyl groups is 1. The summed E-state index contributed by atoms with van der Waals surface area (Å²) in [7, 11) is 0. The number of carbonyl (C=O) groups excluding carboxylic acids is 3. The summed E-state index contributed by atoms with van der Waals surface area (Å²) in [5.74, 6) is -1.58. The van der Waals surface area contributed by atoms with Gasteiger partial charge in [-0.05, 0) is 6.42 Å². The highest BCUT2D eigenvalue weighted by atomic mass is 16.6. The van der Waals surface area contributed by atoms with E-state index in [9.17, 15) is 19.5 Å². The SMILES string of the molecule is CCCCCCCCCCCCCCCCCCCCCC(=O)C(OC(C)=O)C(CO)OC(C)=O. The van der Waals surface area contributed by atoms with Crippen LogP contribution in [0.2, 0.25) is 0 Å². The molecule has 0 radical (unpaired) electrons. The van der Waals surface area contributed by atoms with E-state index in [1.807, 2.05) is 0 Å². The first kappa shape index (κ1) is 33.6. The molecule has 0 rings (SSSR count). The van der Waals surface area contributed by atoms with Crippen molar-refractivity contribution >= 4 is 17.7 Å². The highest BCUT2D eigenvalue weighted by Gasteiger charge is 2.32. The van der Waals surface area contributed by atoms with E-state index in [1.165, 1.54) is 117 Å². The Morgan fingerprint density at radius 3 is 1.23 bits per heavy atom. The highest BCUT2D eigenvalue weighted by molar-refractivity contribution is 5.86. The molecule has 6 nitrogen and oxygen atoms in total. The zero-order valence-corrected chi connectivity index (χ0v) is 23.0. The molecule has 0 heterocycles. The van der Waals surface area contributed by atoms with Crippen LogP contribution in [0.25, 0.3) is 0 Å². The first-order valence-corrected chi connectivity index (χ1v) is 14.4. The molecule has 0 spiro atoms. The van der Waals surface area contributed by atoms with Gasteiger partial charge in [-0.25, -0.2) is 0 Å². The van der Waals surface area contributed by atoms with Crippen LogP contribution in [0.5, 0.6) is 0 Å². The maximum atomic E-state index is 12.5. The van der Waals surface area contributed by atoms with Gasteiger partial charge in [0.15, 0.2) is 18.0 Å². The van der Waals surface area contributed by atoms with Crippen LogP contribution in [-0.4, -0.2) is 41.6 Å². The van der Waals surface area contributed by atoms with Gasteiger partial charge in [0.25, 0.3) is 0 Å². The van der Waals surface area contributed by atoms with Crippen molar-refractivity contribution in [1.29, 1.82) is 0 Å². The minimum Gasteiger partial charge on any atom is -0.456 e. The Kier molecular flexibility index (Phi) is 23.3. The fraction of sp³-hybridized carbons (Fsp3) is 0.897. The van der Waals surface area contributed by atoms with Gasteiger partial charge in [0.05, 0.1) is 6.61 Å². The van der Waals surface area contributed by atoms with Crippen LogP contribution in [0.15, 0.2) is 0 Å². The summed E-state index contributed by atoms with van der Waals surface area (Å²) in [5.41, 5.74) is 0. The van der Waals surface area contributed by atoms with Gasteiger partial charge in [-0.15, -0.1) is 0 Å². The molecule has 0 amide bonds. The zero-order chi connectivity index (χ0) is 26.2. The summed E-state index contributed by atoms with van der Waals surface area (Å²) in [6.07, 6.45) is 22.3. The second-order valence-corrected chi connectivity index (χ2v) is 9.94. The van der Waals surface area contributed by atoms with Crippen LogP contribution in [0, 0.1) is 0 Å². The summed E-state index contributed by atoms with van der Waals surface area (Å²) < 4.78 is 9.97. The van der Waals surface area contributed by atoms with Gasteiger partial charge in [-0.2, -0.15) is 0 Å². The second-order valence-electron chi connectivity index (χ2n) is 9.94. The summed E-state index contributed by atoms with van der Waals surface area (Å²) in [6, 6.07) is 0. The molecule has 0 aliphatic rings. The van der Waals surface area contributed by atoms with E-state index in [1.54, 1.807) is 0 Å². The van der Waals surface area contributed by atoms with E-state index in [-0.39, 0.29) is 12.2 Å². The largest absolute Gasteiger partial charge is 0.456 e. The van der Waals surface area contributed by atoms with Crippen LogP contribution in [0.1, 0.15) is 149 Å². The molecule has 6 heteroatoms. The fourth-order valence-corrected chi connectivity index (χ4v) is 4.46. The third kappa shape index (κ3) is 21.6. The molecular weight excluding hydrogens is 444 g/mol. The third-order valence-electron chi connectivity index (χ3n) is 6.47. The van der Waals surface area contributed by atoms with Crippen molar-refractivity contribution in [3.05, 3.63) is 0 Å². The summed E-state index contributed by atoms with van der Waals surface area (Å²) in [5, 5.41) is 9.42. The lowest BCUT2D eigenvalue weighted by Crippen LogP contribution is -2.42. The lowest BCUT2D eigenvalue weighted by atomic mass is 10.0. The van der Waals surface area contributed by atoms with Crippen molar-refractivity contribution in [1.82, 2.24) is 0 Å². The number of ether oxygens (including phenoxy) is 2. The topological polar surface area (TPSA) is 89.9 Å². The van der Waals surface area contributed by atoms with Gasteiger partial charge < -0.3 is 14.6 Å². The van der Waals surface area contributed by atoms with Crippen molar-refractivity contribution in [3.63, 3.8) is 0 Å². The van der Waals surface area contributed by atoms with Gasteiger partial charge in [0.1, 0.15) is 0 Å². The van der Waals surface area contributed by atoms with Crippen molar-refractivity contribution in [2.45, 2.75) is 161 Å². The highest BCUT2D eigenvalue weighted by Crippen LogP contribution is 2.16. The number of carbonyl (C=O) groups is 3. The predicted molar refractivity (Wildman–Crippen MR) is 141 cm³/mol. The average Bonchev–Trinajstić information content (AvgIpc) is 2.82. The Labute approximate surface area is 214 Å². The number of aliphatic hydroxyl groups excluding tert-OH is 1. The van der Waals surface area contributed by atoms with Crippen molar-refractivity contribution in [2.24, 2.45) is 0 Å². The smallest absolute Gasteiger partial charge is 0.303 e. The van der Waals surface area contributed by atoms with Gasteiger partial charge in [0, 0.05) is 20.3 Å². The van der Waals surface area contributed by atoms with Crippen LogP contribution < -0.4 is 0 Å². The molecule has 2 atom stereocenters. The molecule has 0 bridgehead atoms. The first-order valence-electron chi connectivity index (χ1n) is 14.4. The monoisotopic (exact) mass is 498 g/mol. The van der Waals surface area contributed by atoms with Crippen LogP contribution in [0.3, 0.4) is 0 Å². The number of hydrogen-bond acceptors (Lipinski definition) is 6. The van der Waals surface area contributed by atoms with Gasteiger partial charge in [-0.3, -0.25) is 14.4 Å². The minimum absolute atomic E-state index is 0.245. The molecule has 35 heavy (non-hydrogen) atoms. The summed E-state index contributed by atoms with van der Waals surface area (Å²) in [6.45, 7) is 4.09. The van der Waals surface area contributed by atoms with E-state index < -0.39 is 30.8 Å². The van der Waals surface area contributed by atoms with Gasteiger partial charge >= 0.3 is 11.9 Å². The summed E-state index contributed by atoms with van der Waals surface area (Å²) >= 11 is 0. The van der Waals surface area contributed by atoms with E-state index in [4.69, 9.17) is 9.47 Å². The number of unbranched alkanes of at least 4 members (excludes halogenated alkanes) is 18. The standard InChI is InChI=1S/C29H54O6/c1-4-5-6-7-8-9-10-11-12-13-14-15-16-17-18-19-20-21-22-23-27(33)29(35-26(3)32)28(24-30)34-25(2)31/h28-30H,4-24H2,1-3H3. The van der Waals surface area contributed by atoms with E-state index >= 15 is 0 Å². The first-order chi connectivity index (χ1) is 16.9. The molecule has 0 aromatic rings. The molecule has 206 valence electrons. The van der Waals surface area contributed by atoms with E-state index in [0.717, 1.165) is 12.8 Å². The molecule has 0 saturated carbocycles. The molecule has 0 aliphatic heterocycles. The van der Waals surface area contributed by atoms with Crippen molar-refractivity contribution in [3.8, 4) is 0 Å². The number of ketones is 1. The Morgan fingerprint density at radius 2 is 0.914 bits per heavy atom. The minimum atomic E-state index is -1.24. The van der Waals surface area contributed by atoms with Crippen LogP contribution in [-0.2, 0) is 23.9 Å². The number of hydrogen-bond donors (Lipinski definition) is 1. The Balaban J connectivity index is 3.64. The Hall–Kier alpha value is -1.43. The predicted octanol–water partition coefficient (Wildman–Crippen LogP) is 7.23. The van der Waals surface area contributed by atoms with Crippen LogP contribution in [0.4, 0.5) is 0 Å². The van der Waals surface area contributed by atoms with Crippen molar-refractivity contribution < 1.29 is 29.0 Å². The molecule has 1 N–H and O–H groups in total. The molecule has 0 aliphatic carbocycles. The molecular formula is C29H54O6. The van der Waals surface area contributed by atoms with Crippen molar-refractivity contribution in [2.75, 3.05) is 6.61 Å². The fourth-order valence-electron chi connectivity index (χ4n) is 4.46.